The van der Waals surface area contributed by atoms with E-state index in [9.17, 15) is 13.6 Å². The van der Waals surface area contributed by atoms with E-state index in [1.54, 1.807) is 11.9 Å². The number of carbonyl (C=O) groups excluding carboxylic acids is 1. The van der Waals surface area contributed by atoms with Gasteiger partial charge in [-0.05, 0) is 6.42 Å². The van der Waals surface area contributed by atoms with Crippen molar-refractivity contribution in [3.05, 3.63) is 17.7 Å². The number of hydrogen-bond donors (Lipinski definition) is 2. The first-order valence-corrected chi connectivity index (χ1v) is 5.59. The van der Waals surface area contributed by atoms with Crippen LogP contribution in [-0.4, -0.2) is 35.4 Å². The molecule has 0 aliphatic carbocycles. The summed E-state index contributed by atoms with van der Waals surface area (Å²) >= 11 is 0. The standard InChI is InChI=1S/C11H14F2N4O/c1-17-5-6(2-3-9(17)18)15-11-8(13)4-7(12)10(14)16-11/h4,6H,2-3,5H2,1H3,(H3,14,15,16). The second-order valence-electron chi connectivity index (χ2n) is 4.34. The molecule has 1 aromatic heterocycles. The zero-order valence-electron chi connectivity index (χ0n) is 9.91. The number of anilines is 2. The number of rotatable bonds is 2. The van der Waals surface area contributed by atoms with Crippen molar-refractivity contribution >= 4 is 17.5 Å². The Morgan fingerprint density at radius 2 is 2.22 bits per heavy atom. The van der Waals surface area contributed by atoms with E-state index in [1.165, 1.54) is 0 Å². The molecule has 0 aromatic carbocycles. The van der Waals surface area contributed by atoms with E-state index in [0.717, 1.165) is 0 Å². The number of nitrogens with one attached hydrogen (secondary N) is 1. The first-order valence-electron chi connectivity index (χ1n) is 5.59. The van der Waals surface area contributed by atoms with E-state index in [1.807, 2.05) is 0 Å². The number of carbonyl (C=O) groups is 1. The lowest BCUT2D eigenvalue weighted by atomic mass is 10.1. The highest BCUT2D eigenvalue weighted by atomic mass is 19.1. The molecule has 1 saturated heterocycles. The van der Waals surface area contributed by atoms with Crippen molar-refractivity contribution in [2.45, 2.75) is 18.9 Å². The smallest absolute Gasteiger partial charge is 0.222 e. The average molecular weight is 256 g/mol. The van der Waals surface area contributed by atoms with Gasteiger partial charge in [0.05, 0.1) is 0 Å². The summed E-state index contributed by atoms with van der Waals surface area (Å²) in [7, 11) is 1.68. The van der Waals surface area contributed by atoms with Crippen LogP contribution < -0.4 is 11.1 Å². The van der Waals surface area contributed by atoms with Crippen LogP contribution in [0.1, 0.15) is 12.8 Å². The van der Waals surface area contributed by atoms with Gasteiger partial charge in [-0.1, -0.05) is 0 Å². The van der Waals surface area contributed by atoms with Crippen LogP contribution in [-0.2, 0) is 4.79 Å². The summed E-state index contributed by atoms with van der Waals surface area (Å²) in [6.07, 6.45) is 0.980. The summed E-state index contributed by atoms with van der Waals surface area (Å²) < 4.78 is 26.4. The molecule has 0 spiro atoms. The summed E-state index contributed by atoms with van der Waals surface area (Å²) in [5.41, 5.74) is 5.29. The highest BCUT2D eigenvalue weighted by Crippen LogP contribution is 2.20. The molecule has 1 aliphatic rings. The lowest BCUT2D eigenvalue weighted by molar-refractivity contribution is -0.132. The third kappa shape index (κ3) is 2.49. The van der Waals surface area contributed by atoms with Gasteiger partial charge in [-0.2, -0.15) is 0 Å². The molecule has 98 valence electrons. The molecule has 1 aromatic rings. The molecule has 18 heavy (non-hydrogen) atoms. The lowest BCUT2D eigenvalue weighted by Crippen LogP contribution is -2.43. The highest BCUT2D eigenvalue weighted by molar-refractivity contribution is 5.77. The van der Waals surface area contributed by atoms with Crippen molar-refractivity contribution < 1.29 is 13.6 Å². The topological polar surface area (TPSA) is 71.2 Å². The molecule has 1 aliphatic heterocycles. The number of nitrogens with two attached hydrogens (primary N) is 1. The quantitative estimate of drug-likeness (QED) is 0.827. The first-order chi connectivity index (χ1) is 8.47. The number of piperidine rings is 1. The van der Waals surface area contributed by atoms with Gasteiger partial charge in [-0.25, -0.2) is 13.8 Å². The molecule has 5 nitrogen and oxygen atoms in total. The van der Waals surface area contributed by atoms with Crippen LogP contribution in [0.3, 0.4) is 0 Å². The van der Waals surface area contributed by atoms with Gasteiger partial charge in [0.1, 0.15) is 0 Å². The fourth-order valence-electron chi connectivity index (χ4n) is 1.91. The fourth-order valence-corrected chi connectivity index (χ4v) is 1.91. The van der Waals surface area contributed by atoms with Gasteiger partial charge in [0, 0.05) is 32.1 Å². The third-order valence-electron chi connectivity index (χ3n) is 2.92. The molecule has 1 atom stereocenters. The number of hydrogen-bond acceptors (Lipinski definition) is 4. The van der Waals surface area contributed by atoms with E-state index in [-0.39, 0.29) is 23.6 Å². The van der Waals surface area contributed by atoms with Gasteiger partial charge in [-0.3, -0.25) is 4.79 Å². The molecule has 0 bridgehead atoms. The van der Waals surface area contributed by atoms with E-state index in [4.69, 9.17) is 5.73 Å². The van der Waals surface area contributed by atoms with Crippen LogP contribution in [0.4, 0.5) is 20.4 Å². The largest absolute Gasteiger partial charge is 0.381 e. The number of likely N-dealkylation sites (tertiary alicyclic amines) is 1. The van der Waals surface area contributed by atoms with Gasteiger partial charge in [-0.15, -0.1) is 0 Å². The SMILES string of the molecule is CN1CC(Nc2nc(N)c(F)cc2F)CCC1=O. The fraction of sp³-hybridized carbons (Fsp3) is 0.455. The second-order valence-corrected chi connectivity index (χ2v) is 4.34. The van der Waals surface area contributed by atoms with E-state index in [0.29, 0.717) is 25.5 Å². The second kappa shape index (κ2) is 4.75. The Balaban J connectivity index is 2.10. The summed E-state index contributed by atoms with van der Waals surface area (Å²) in [5.74, 6) is -2.05. The normalized spacial score (nSPS) is 20.1. The number of nitrogens with zero attached hydrogens (tertiary/aromatic N) is 2. The van der Waals surface area contributed by atoms with E-state index >= 15 is 0 Å². The number of halogens is 2. The molecular weight excluding hydrogens is 242 g/mol. The minimum atomic E-state index is -0.881. The van der Waals surface area contributed by atoms with Crippen LogP contribution in [0.2, 0.25) is 0 Å². The van der Waals surface area contributed by atoms with Gasteiger partial charge < -0.3 is 16.0 Å². The van der Waals surface area contributed by atoms with Crippen molar-refractivity contribution in [3.63, 3.8) is 0 Å². The van der Waals surface area contributed by atoms with Crippen LogP contribution in [0, 0.1) is 11.6 Å². The molecule has 2 rings (SSSR count). The zero-order valence-corrected chi connectivity index (χ0v) is 9.91. The third-order valence-corrected chi connectivity index (χ3v) is 2.92. The van der Waals surface area contributed by atoms with Crippen molar-refractivity contribution in [1.29, 1.82) is 0 Å². The van der Waals surface area contributed by atoms with Gasteiger partial charge in [0.25, 0.3) is 0 Å². The number of aromatic nitrogens is 1. The Kier molecular flexibility index (Phi) is 3.31. The number of amides is 1. The monoisotopic (exact) mass is 256 g/mol. The van der Waals surface area contributed by atoms with Gasteiger partial charge >= 0.3 is 0 Å². The maximum atomic E-state index is 13.5. The Bertz CT molecular complexity index is 480. The Hall–Kier alpha value is -1.92. The molecule has 1 fully saturated rings. The van der Waals surface area contributed by atoms with Crippen molar-refractivity contribution in [2.24, 2.45) is 0 Å². The van der Waals surface area contributed by atoms with Gasteiger partial charge in [0.15, 0.2) is 23.3 Å². The minimum Gasteiger partial charge on any atom is -0.381 e. The molecule has 1 amide bonds. The van der Waals surface area contributed by atoms with Crippen LogP contribution in [0.25, 0.3) is 0 Å². The van der Waals surface area contributed by atoms with E-state index in [2.05, 4.69) is 10.3 Å². The Morgan fingerprint density at radius 1 is 1.50 bits per heavy atom. The predicted octanol–water partition coefficient (Wildman–Crippen LogP) is 0.975. The summed E-state index contributed by atoms with van der Waals surface area (Å²) in [6, 6.07) is 0.585. The molecule has 0 radical (unpaired) electrons. The Morgan fingerprint density at radius 3 is 2.89 bits per heavy atom. The van der Waals surface area contributed by atoms with Crippen molar-refractivity contribution in [3.8, 4) is 0 Å². The predicted molar refractivity (Wildman–Crippen MR) is 62.8 cm³/mol. The highest BCUT2D eigenvalue weighted by Gasteiger charge is 2.24. The van der Waals surface area contributed by atoms with Crippen LogP contribution >= 0.6 is 0 Å². The first kappa shape index (κ1) is 12.5. The maximum absolute atomic E-state index is 13.5. The molecule has 1 unspecified atom stereocenters. The maximum Gasteiger partial charge on any atom is 0.222 e. The number of nitrogen functional groups attached to an aromatic ring is 1. The lowest BCUT2D eigenvalue weighted by Gasteiger charge is -2.30. The molecule has 2 heterocycles. The van der Waals surface area contributed by atoms with E-state index < -0.39 is 11.6 Å². The summed E-state index contributed by atoms with van der Waals surface area (Å²) in [6.45, 7) is 0.456. The molecule has 0 saturated carbocycles. The molecule has 7 heteroatoms. The molecular formula is C11H14F2N4O. The summed E-state index contributed by atoms with van der Waals surface area (Å²) in [5, 5.41) is 2.84. The number of pyridine rings is 1. The average Bonchev–Trinajstić information content (AvgIpc) is 2.31. The van der Waals surface area contributed by atoms with Crippen molar-refractivity contribution in [1.82, 2.24) is 9.88 Å². The molecule has 3 N–H and O–H groups in total. The van der Waals surface area contributed by atoms with Crippen molar-refractivity contribution in [2.75, 3.05) is 24.6 Å². The zero-order chi connectivity index (χ0) is 13.3. The van der Waals surface area contributed by atoms with Gasteiger partial charge in [0.2, 0.25) is 5.91 Å². The van der Waals surface area contributed by atoms with Crippen LogP contribution in [0.15, 0.2) is 6.07 Å². The van der Waals surface area contributed by atoms with Crippen LogP contribution in [0.5, 0.6) is 0 Å². The Labute approximate surface area is 103 Å². The number of likely N-dealkylation sites (N-methyl/N-ethyl adjacent to an activating group) is 1. The minimum absolute atomic E-state index is 0.0556. The summed E-state index contributed by atoms with van der Waals surface area (Å²) in [4.78, 5) is 16.5.